The summed E-state index contributed by atoms with van der Waals surface area (Å²) in [6.45, 7) is 5.07. The molecule has 0 radical (unpaired) electrons. The number of piperazine rings is 1. The van der Waals surface area contributed by atoms with Gasteiger partial charge in [0.15, 0.2) is 0 Å². The van der Waals surface area contributed by atoms with Crippen LogP contribution in [0.4, 0.5) is 14.5 Å². The van der Waals surface area contributed by atoms with Crippen LogP contribution in [0.25, 0.3) is 10.9 Å². The first-order valence-corrected chi connectivity index (χ1v) is 11.3. The van der Waals surface area contributed by atoms with Gasteiger partial charge in [0.2, 0.25) is 5.43 Å². The third kappa shape index (κ3) is 5.02. The average Bonchev–Trinajstić information content (AvgIpc) is 2.85. The zero-order valence-electron chi connectivity index (χ0n) is 19.5. The van der Waals surface area contributed by atoms with Crippen LogP contribution in [0.2, 0.25) is 0 Å². The first-order valence-electron chi connectivity index (χ1n) is 11.3. The molecule has 1 aliphatic heterocycles. The van der Waals surface area contributed by atoms with Crippen LogP contribution < -0.4 is 10.3 Å². The third-order valence-corrected chi connectivity index (χ3v) is 6.19. The van der Waals surface area contributed by atoms with Crippen LogP contribution in [-0.2, 0) is 11.4 Å². The maximum atomic E-state index is 15.1. The van der Waals surface area contributed by atoms with Crippen LogP contribution in [0.5, 0.6) is 0 Å². The Hall–Kier alpha value is -3.79. The summed E-state index contributed by atoms with van der Waals surface area (Å²) in [5, 5.41) is 13.5. The summed E-state index contributed by atoms with van der Waals surface area (Å²) in [4.78, 5) is 33.1. The van der Waals surface area contributed by atoms with Gasteiger partial charge in [0, 0.05) is 56.4 Å². The van der Waals surface area contributed by atoms with Gasteiger partial charge >= 0.3 is 5.97 Å². The van der Waals surface area contributed by atoms with Crippen molar-refractivity contribution in [2.75, 3.05) is 44.7 Å². The normalized spacial score (nSPS) is 15.0. The molecule has 1 aliphatic rings. The van der Waals surface area contributed by atoms with Crippen molar-refractivity contribution in [2.45, 2.75) is 13.5 Å². The van der Waals surface area contributed by atoms with E-state index in [2.05, 4.69) is 10.1 Å². The molecule has 1 aromatic heterocycles. The summed E-state index contributed by atoms with van der Waals surface area (Å²) in [6.07, 6.45) is 1.30. The Balaban J connectivity index is 1.55. The fourth-order valence-electron chi connectivity index (χ4n) is 4.34. The fraction of sp³-hybridized carbons (Fsp3) is 0.320. The van der Waals surface area contributed by atoms with Crippen molar-refractivity contribution >= 4 is 28.3 Å². The number of carbonyl (C=O) groups is 1. The predicted molar refractivity (Wildman–Crippen MR) is 129 cm³/mol. The average molecular weight is 485 g/mol. The summed E-state index contributed by atoms with van der Waals surface area (Å²) >= 11 is 0. The number of hydrogen-bond acceptors (Lipinski definition) is 6. The Labute approximate surface area is 200 Å². The van der Waals surface area contributed by atoms with Gasteiger partial charge in [-0.1, -0.05) is 17.3 Å². The summed E-state index contributed by atoms with van der Waals surface area (Å²) in [5.74, 6) is -2.23. The highest BCUT2D eigenvalue weighted by atomic mass is 19.1. The number of aryl methyl sites for hydroxylation is 1. The van der Waals surface area contributed by atoms with E-state index in [9.17, 15) is 19.1 Å². The van der Waals surface area contributed by atoms with E-state index in [0.717, 1.165) is 11.6 Å². The van der Waals surface area contributed by atoms with E-state index in [1.165, 1.54) is 25.4 Å². The van der Waals surface area contributed by atoms with Gasteiger partial charge in [0.05, 0.1) is 11.2 Å². The first-order chi connectivity index (χ1) is 16.8. The molecule has 1 saturated heterocycles. The molecule has 8 nitrogen and oxygen atoms in total. The molecular weight excluding hydrogens is 458 g/mol. The van der Waals surface area contributed by atoms with Crippen molar-refractivity contribution in [1.29, 1.82) is 0 Å². The number of halogens is 2. The molecule has 3 aromatic rings. The molecular formula is C25H26F2N4O4. The quantitative estimate of drug-likeness (QED) is 0.410. The lowest BCUT2D eigenvalue weighted by molar-refractivity contribution is 0.0695. The number of carboxylic acids is 1. The second kappa shape index (κ2) is 10.2. The van der Waals surface area contributed by atoms with Crippen molar-refractivity contribution in [3.63, 3.8) is 0 Å². The first kappa shape index (κ1) is 24.3. The van der Waals surface area contributed by atoms with Gasteiger partial charge in [-0.15, -0.1) is 0 Å². The minimum Gasteiger partial charge on any atom is -0.477 e. The van der Waals surface area contributed by atoms with Gasteiger partial charge in [0.25, 0.3) is 0 Å². The molecule has 0 amide bonds. The second-order valence-electron chi connectivity index (χ2n) is 8.27. The number of rotatable bonds is 7. The molecule has 1 fully saturated rings. The molecule has 0 bridgehead atoms. The van der Waals surface area contributed by atoms with Crippen LogP contribution >= 0.6 is 0 Å². The lowest BCUT2D eigenvalue weighted by Gasteiger charge is -2.36. The Kier molecular flexibility index (Phi) is 7.11. The maximum absolute atomic E-state index is 15.1. The lowest BCUT2D eigenvalue weighted by Crippen LogP contribution is -2.48. The smallest absolute Gasteiger partial charge is 0.341 e. The molecule has 2 heterocycles. The number of hydrogen-bond donors (Lipinski definition) is 1. The highest BCUT2D eigenvalue weighted by Crippen LogP contribution is 2.26. The Morgan fingerprint density at radius 2 is 1.80 bits per heavy atom. The van der Waals surface area contributed by atoms with Crippen molar-refractivity contribution in [2.24, 2.45) is 5.16 Å². The number of aromatic nitrogens is 1. The van der Waals surface area contributed by atoms with Gasteiger partial charge in [-0.05, 0) is 31.2 Å². The van der Waals surface area contributed by atoms with E-state index in [4.69, 9.17) is 4.84 Å². The molecule has 0 aliphatic carbocycles. The topological polar surface area (TPSA) is 87.4 Å². The highest BCUT2D eigenvalue weighted by Gasteiger charge is 2.23. The standard InChI is InChI=1S/C25H26F2N4O4/c1-3-30-14-19(25(33)34)24(32)18-12-20(27)23(13-22(18)30)31-10-8-29(9-11-31)15-21(28-35-2)16-4-6-17(26)7-5-16/h4-7,12-14H,3,8-11,15H2,1-2H3,(H,33,34)/b28-21+. The van der Waals surface area contributed by atoms with Gasteiger partial charge in [-0.3, -0.25) is 9.69 Å². The molecule has 4 rings (SSSR count). The second-order valence-corrected chi connectivity index (χ2v) is 8.27. The Morgan fingerprint density at radius 3 is 2.40 bits per heavy atom. The molecule has 2 aromatic carbocycles. The van der Waals surface area contributed by atoms with E-state index in [-0.39, 0.29) is 16.8 Å². The number of nitrogens with zero attached hydrogens (tertiary/aromatic N) is 4. The zero-order valence-corrected chi connectivity index (χ0v) is 19.5. The van der Waals surface area contributed by atoms with Gasteiger partial charge in [-0.25, -0.2) is 13.6 Å². The third-order valence-electron chi connectivity index (χ3n) is 6.19. The van der Waals surface area contributed by atoms with Crippen molar-refractivity contribution in [1.82, 2.24) is 9.47 Å². The molecule has 35 heavy (non-hydrogen) atoms. The monoisotopic (exact) mass is 484 g/mol. The predicted octanol–water partition coefficient (Wildman–Crippen LogP) is 3.17. The molecule has 1 N–H and O–H groups in total. The fourth-order valence-corrected chi connectivity index (χ4v) is 4.34. The van der Waals surface area contributed by atoms with Gasteiger partial charge in [0.1, 0.15) is 30.0 Å². The van der Waals surface area contributed by atoms with Crippen molar-refractivity contribution < 1.29 is 23.5 Å². The molecule has 184 valence electrons. The molecule has 0 atom stereocenters. The largest absolute Gasteiger partial charge is 0.477 e. The van der Waals surface area contributed by atoms with Crippen LogP contribution in [0.15, 0.2) is 52.5 Å². The van der Waals surface area contributed by atoms with Crippen LogP contribution in [0.1, 0.15) is 22.8 Å². The summed E-state index contributed by atoms with van der Waals surface area (Å²) < 4.78 is 30.0. The van der Waals surface area contributed by atoms with E-state index in [0.29, 0.717) is 56.2 Å². The molecule has 10 heteroatoms. The van der Waals surface area contributed by atoms with Crippen molar-refractivity contribution in [3.05, 3.63) is 75.6 Å². The number of fused-ring (bicyclic) bond motifs is 1. The zero-order chi connectivity index (χ0) is 25.1. The number of oxime groups is 1. The van der Waals surface area contributed by atoms with Crippen LogP contribution in [0.3, 0.4) is 0 Å². The maximum Gasteiger partial charge on any atom is 0.341 e. The number of carboxylic acid groups (broad SMARTS) is 1. The SMILES string of the molecule is CCn1cc(C(=O)O)c(=O)c2cc(F)c(N3CCN(C/C(=N\OC)c4ccc(F)cc4)CC3)cc21. The number of pyridine rings is 1. The highest BCUT2D eigenvalue weighted by molar-refractivity contribution is 6.01. The van der Waals surface area contributed by atoms with Crippen molar-refractivity contribution in [3.8, 4) is 0 Å². The van der Waals surface area contributed by atoms with E-state index in [1.54, 1.807) is 22.8 Å². The summed E-state index contributed by atoms with van der Waals surface area (Å²) in [7, 11) is 1.46. The lowest BCUT2D eigenvalue weighted by atomic mass is 10.1. The van der Waals surface area contributed by atoms with E-state index < -0.39 is 17.2 Å². The van der Waals surface area contributed by atoms with E-state index >= 15 is 4.39 Å². The van der Waals surface area contributed by atoms with Crippen LogP contribution in [0, 0.1) is 11.6 Å². The van der Waals surface area contributed by atoms with Gasteiger partial charge in [-0.2, -0.15) is 0 Å². The Morgan fingerprint density at radius 1 is 1.11 bits per heavy atom. The summed E-state index contributed by atoms with van der Waals surface area (Å²) in [5.41, 5.74) is 1.21. The molecule has 0 spiro atoms. The minimum atomic E-state index is -1.34. The minimum absolute atomic E-state index is 0.0475. The molecule has 0 saturated carbocycles. The number of benzene rings is 2. The van der Waals surface area contributed by atoms with E-state index in [1.807, 2.05) is 11.8 Å². The van der Waals surface area contributed by atoms with Gasteiger partial charge < -0.3 is 19.4 Å². The number of aromatic carboxylic acids is 1. The summed E-state index contributed by atoms with van der Waals surface area (Å²) in [6, 6.07) is 8.80. The van der Waals surface area contributed by atoms with Crippen LogP contribution in [-0.4, -0.2) is 66.1 Å². The molecule has 0 unspecified atom stereocenters. The Bertz CT molecular complexity index is 1330. The number of anilines is 1.